The highest BCUT2D eigenvalue weighted by molar-refractivity contribution is 7.14. The molecule has 1 amide bonds. The second-order valence-corrected chi connectivity index (χ2v) is 10.3. The van der Waals surface area contributed by atoms with Gasteiger partial charge in [0.05, 0.1) is 38.9 Å². The first-order valence-corrected chi connectivity index (χ1v) is 12.5. The maximum atomic E-state index is 13.6. The molecule has 2 heterocycles. The lowest BCUT2D eigenvalue weighted by atomic mass is 9.94. The van der Waals surface area contributed by atoms with Gasteiger partial charge < -0.3 is 14.7 Å². The largest absolute Gasteiger partial charge is 0.503 e. The molecule has 0 saturated carbocycles. The number of esters is 1. The van der Waals surface area contributed by atoms with Gasteiger partial charge in [0, 0.05) is 6.54 Å². The summed E-state index contributed by atoms with van der Waals surface area (Å²) in [4.78, 5) is 45.4. The fraction of sp³-hybridized carbons (Fsp3) is 0.286. The molecule has 1 unspecified atom stereocenters. The van der Waals surface area contributed by atoms with E-state index in [1.54, 1.807) is 45.0 Å². The van der Waals surface area contributed by atoms with Crippen LogP contribution in [0.5, 0.6) is 0 Å². The number of thiazole rings is 1. The number of carbonyl (C=O) groups is 3. The van der Waals surface area contributed by atoms with Crippen LogP contribution in [0.1, 0.15) is 67.3 Å². The Kier molecular flexibility index (Phi) is 7.08. The number of benzene rings is 2. The second-order valence-electron chi connectivity index (χ2n) is 9.14. The summed E-state index contributed by atoms with van der Waals surface area (Å²) in [7, 11) is 0. The molecule has 0 bridgehead atoms. The lowest BCUT2D eigenvalue weighted by Crippen LogP contribution is -2.30. The molecule has 36 heavy (non-hydrogen) atoms. The molecule has 0 radical (unpaired) electrons. The average Bonchev–Trinajstić information content (AvgIpc) is 3.29. The maximum Gasteiger partial charge on any atom is 0.338 e. The van der Waals surface area contributed by atoms with Crippen molar-refractivity contribution in [1.82, 2.24) is 9.88 Å². The standard InChI is InChI=1S/C28H28N2O5S/c1-15(2)35-28(34)20-11-9-19(10-12-20)14-30-23(21-8-6-7-16(3)13-21)22(25(32)27(30)33)24(31)26-17(4)29-18(5)36-26/h6-13,15,23,32H,14H2,1-5H3. The molecule has 2 aromatic carbocycles. The van der Waals surface area contributed by atoms with Gasteiger partial charge in [0.2, 0.25) is 5.78 Å². The number of amides is 1. The first kappa shape index (κ1) is 25.3. The van der Waals surface area contributed by atoms with Crippen molar-refractivity contribution in [3.05, 3.63) is 97.7 Å². The van der Waals surface area contributed by atoms with Gasteiger partial charge in [-0.15, -0.1) is 11.3 Å². The second kappa shape index (κ2) is 10.1. The van der Waals surface area contributed by atoms with Crippen LogP contribution in [0.15, 0.2) is 59.9 Å². The lowest BCUT2D eigenvalue weighted by molar-refractivity contribution is -0.130. The Morgan fingerprint density at radius 1 is 1.11 bits per heavy atom. The maximum absolute atomic E-state index is 13.6. The molecule has 0 saturated heterocycles. The Morgan fingerprint density at radius 2 is 1.81 bits per heavy atom. The number of hydrogen-bond donors (Lipinski definition) is 1. The van der Waals surface area contributed by atoms with Gasteiger partial charge in [-0.05, 0) is 57.9 Å². The number of rotatable bonds is 7. The molecule has 0 fully saturated rings. The van der Waals surface area contributed by atoms with Crippen LogP contribution in [0.3, 0.4) is 0 Å². The normalized spacial score (nSPS) is 15.7. The highest BCUT2D eigenvalue weighted by Gasteiger charge is 2.44. The van der Waals surface area contributed by atoms with Crippen LogP contribution >= 0.6 is 11.3 Å². The minimum Gasteiger partial charge on any atom is -0.503 e. The Bertz CT molecular complexity index is 1370. The zero-order valence-electron chi connectivity index (χ0n) is 20.9. The van der Waals surface area contributed by atoms with Crippen molar-refractivity contribution in [2.24, 2.45) is 0 Å². The van der Waals surface area contributed by atoms with Crippen LogP contribution < -0.4 is 0 Å². The fourth-order valence-electron chi connectivity index (χ4n) is 4.32. The number of aliphatic hydroxyl groups is 1. The molecule has 8 heteroatoms. The smallest absolute Gasteiger partial charge is 0.338 e. The van der Waals surface area contributed by atoms with E-state index in [2.05, 4.69) is 4.98 Å². The van der Waals surface area contributed by atoms with E-state index in [-0.39, 0.29) is 18.2 Å². The number of aryl methyl sites for hydroxylation is 3. The van der Waals surface area contributed by atoms with Crippen molar-refractivity contribution in [1.29, 1.82) is 0 Å². The molecule has 4 rings (SSSR count). The average molecular weight is 505 g/mol. The monoisotopic (exact) mass is 504 g/mol. The van der Waals surface area contributed by atoms with E-state index in [1.165, 1.54) is 16.2 Å². The van der Waals surface area contributed by atoms with Crippen LogP contribution in [0.4, 0.5) is 0 Å². The van der Waals surface area contributed by atoms with Crippen molar-refractivity contribution in [2.75, 3.05) is 0 Å². The number of aromatic nitrogens is 1. The van der Waals surface area contributed by atoms with Gasteiger partial charge in [0.15, 0.2) is 5.76 Å². The molecular weight excluding hydrogens is 476 g/mol. The Hall–Kier alpha value is -3.78. The predicted molar refractivity (Wildman–Crippen MR) is 137 cm³/mol. The van der Waals surface area contributed by atoms with Gasteiger partial charge in [-0.1, -0.05) is 42.0 Å². The summed E-state index contributed by atoms with van der Waals surface area (Å²) in [5.74, 6) is -1.99. The van der Waals surface area contributed by atoms with E-state index in [0.29, 0.717) is 16.1 Å². The lowest BCUT2D eigenvalue weighted by Gasteiger charge is -2.27. The molecule has 1 atom stereocenters. The SMILES string of the molecule is Cc1cccc(C2C(C(=O)c3sc(C)nc3C)=C(O)C(=O)N2Cc2ccc(C(=O)OC(C)C)cc2)c1. The van der Waals surface area contributed by atoms with Gasteiger partial charge in [0.1, 0.15) is 0 Å². The highest BCUT2D eigenvalue weighted by atomic mass is 32.1. The molecule has 0 aliphatic carbocycles. The fourth-order valence-corrected chi connectivity index (χ4v) is 5.20. The quantitative estimate of drug-likeness (QED) is 0.341. The first-order valence-electron chi connectivity index (χ1n) is 11.7. The topological polar surface area (TPSA) is 96.8 Å². The molecule has 0 spiro atoms. The summed E-state index contributed by atoms with van der Waals surface area (Å²) < 4.78 is 5.24. The van der Waals surface area contributed by atoms with Gasteiger partial charge >= 0.3 is 5.97 Å². The molecule has 7 nitrogen and oxygen atoms in total. The minimum atomic E-state index is -0.766. The number of ketones is 1. The summed E-state index contributed by atoms with van der Waals surface area (Å²) >= 11 is 1.25. The number of carbonyl (C=O) groups excluding carboxylic acids is 3. The van der Waals surface area contributed by atoms with E-state index in [0.717, 1.165) is 21.7 Å². The van der Waals surface area contributed by atoms with Crippen molar-refractivity contribution in [3.63, 3.8) is 0 Å². The molecule has 1 aromatic heterocycles. The van der Waals surface area contributed by atoms with Crippen molar-refractivity contribution >= 4 is 29.0 Å². The van der Waals surface area contributed by atoms with E-state index >= 15 is 0 Å². The summed E-state index contributed by atoms with van der Waals surface area (Å²) in [6.45, 7) is 9.19. The Morgan fingerprint density at radius 3 is 2.39 bits per heavy atom. The highest BCUT2D eigenvalue weighted by Crippen LogP contribution is 2.41. The zero-order valence-corrected chi connectivity index (χ0v) is 21.7. The van der Waals surface area contributed by atoms with Gasteiger partial charge in [-0.3, -0.25) is 9.59 Å². The van der Waals surface area contributed by atoms with E-state index in [4.69, 9.17) is 4.74 Å². The molecule has 1 aliphatic rings. The number of Topliss-reactive ketones (excluding diaryl/α,β-unsaturated/α-hetero) is 1. The third-order valence-corrected chi connectivity index (χ3v) is 6.97. The van der Waals surface area contributed by atoms with Gasteiger partial charge in [-0.2, -0.15) is 0 Å². The van der Waals surface area contributed by atoms with E-state index < -0.39 is 29.5 Å². The van der Waals surface area contributed by atoms with E-state index in [9.17, 15) is 19.5 Å². The van der Waals surface area contributed by atoms with Crippen LogP contribution in [-0.2, 0) is 16.1 Å². The van der Waals surface area contributed by atoms with Crippen molar-refractivity contribution < 1.29 is 24.2 Å². The third-order valence-electron chi connectivity index (χ3n) is 5.90. The summed E-state index contributed by atoms with van der Waals surface area (Å²) in [5.41, 5.74) is 3.47. The summed E-state index contributed by atoms with van der Waals surface area (Å²) in [5, 5.41) is 11.7. The Labute approximate surface area is 214 Å². The first-order chi connectivity index (χ1) is 17.1. The third kappa shape index (κ3) is 4.95. The number of nitrogens with zero attached hydrogens (tertiary/aromatic N) is 2. The van der Waals surface area contributed by atoms with Crippen LogP contribution in [-0.4, -0.2) is 38.8 Å². The molecular formula is C28H28N2O5S. The van der Waals surface area contributed by atoms with Gasteiger partial charge in [0.25, 0.3) is 5.91 Å². The van der Waals surface area contributed by atoms with Crippen LogP contribution in [0.2, 0.25) is 0 Å². The predicted octanol–water partition coefficient (Wildman–Crippen LogP) is 5.41. The van der Waals surface area contributed by atoms with Gasteiger partial charge in [-0.25, -0.2) is 9.78 Å². The molecule has 1 N–H and O–H groups in total. The summed E-state index contributed by atoms with van der Waals surface area (Å²) in [6.07, 6.45) is -0.231. The van der Waals surface area contributed by atoms with Crippen molar-refractivity contribution in [2.45, 2.75) is 53.3 Å². The molecule has 186 valence electrons. The van der Waals surface area contributed by atoms with Crippen LogP contribution in [0, 0.1) is 20.8 Å². The number of ether oxygens (including phenoxy) is 1. The minimum absolute atomic E-state index is 0.0504. The Balaban J connectivity index is 1.71. The molecule has 1 aliphatic heterocycles. The zero-order chi connectivity index (χ0) is 26.1. The molecule has 3 aromatic rings. The van der Waals surface area contributed by atoms with Crippen LogP contribution in [0.25, 0.3) is 0 Å². The number of aliphatic hydroxyl groups excluding tert-OH is 1. The van der Waals surface area contributed by atoms with E-state index in [1.807, 2.05) is 38.1 Å². The number of hydrogen-bond acceptors (Lipinski definition) is 7. The summed E-state index contributed by atoms with van der Waals surface area (Å²) in [6, 6.07) is 13.6. The van der Waals surface area contributed by atoms with Crippen molar-refractivity contribution in [3.8, 4) is 0 Å².